The van der Waals surface area contributed by atoms with Crippen LogP contribution < -0.4 is 25.3 Å². The van der Waals surface area contributed by atoms with Gasteiger partial charge in [0.15, 0.2) is 3.95 Å². The number of nitrogens with two attached hydrogens (primary N) is 1. The van der Waals surface area contributed by atoms with Crippen LogP contribution in [0.3, 0.4) is 0 Å². The van der Waals surface area contributed by atoms with Crippen LogP contribution in [0.2, 0.25) is 0 Å². The quantitative estimate of drug-likeness (QED) is 0.587. The van der Waals surface area contributed by atoms with E-state index in [9.17, 15) is 4.79 Å². The van der Waals surface area contributed by atoms with Crippen molar-refractivity contribution in [1.29, 1.82) is 0 Å². The van der Waals surface area contributed by atoms with Crippen LogP contribution in [0.25, 0.3) is 5.69 Å². The number of carbonyl (C=O) groups is 1. The van der Waals surface area contributed by atoms with Crippen molar-refractivity contribution in [2.45, 2.75) is 0 Å². The molecule has 9 heteroatoms. The van der Waals surface area contributed by atoms with Crippen molar-refractivity contribution >= 4 is 41.0 Å². The first kappa shape index (κ1) is 19.7. The average molecular weight is 418 g/mol. The van der Waals surface area contributed by atoms with Crippen LogP contribution in [-0.4, -0.2) is 31.8 Å². The van der Waals surface area contributed by atoms with Gasteiger partial charge in [0.05, 0.1) is 32.7 Å². The molecular weight excluding hydrogens is 398 g/mol. The standard InChI is InChI=1S/C19H19N3O4S2/c1-24-12-6-4-5-11(9-12)22-17(20)16(28-19(22)27)18(23)21-14-10-13(25-2)7-8-15(14)26-3/h4-10H,20H2,1-3H3,(H,21,23). The summed E-state index contributed by atoms with van der Waals surface area (Å²) in [6, 6.07) is 12.4. The molecule has 2 aromatic carbocycles. The van der Waals surface area contributed by atoms with Gasteiger partial charge in [0, 0.05) is 12.1 Å². The largest absolute Gasteiger partial charge is 0.497 e. The van der Waals surface area contributed by atoms with E-state index in [1.54, 1.807) is 43.1 Å². The fourth-order valence-electron chi connectivity index (χ4n) is 2.63. The number of rotatable bonds is 6. The van der Waals surface area contributed by atoms with Gasteiger partial charge in [-0.1, -0.05) is 17.4 Å². The SMILES string of the molecule is COc1cccc(-n2c(N)c(C(=O)Nc3cc(OC)ccc3OC)sc2=S)c1. The van der Waals surface area contributed by atoms with Gasteiger partial charge in [0.1, 0.15) is 27.9 Å². The lowest BCUT2D eigenvalue weighted by Gasteiger charge is -2.12. The second-order valence-electron chi connectivity index (χ2n) is 5.64. The normalized spacial score (nSPS) is 10.4. The Bertz CT molecular complexity index is 1080. The lowest BCUT2D eigenvalue weighted by atomic mass is 10.2. The fourth-order valence-corrected chi connectivity index (χ4v) is 3.90. The Labute approximate surface area is 171 Å². The number of methoxy groups -OCH3 is 3. The molecule has 1 heterocycles. The number of anilines is 2. The van der Waals surface area contributed by atoms with Gasteiger partial charge < -0.3 is 25.3 Å². The fraction of sp³-hybridized carbons (Fsp3) is 0.158. The predicted octanol–water partition coefficient (Wildman–Crippen LogP) is 4.13. The maximum absolute atomic E-state index is 12.9. The van der Waals surface area contributed by atoms with E-state index < -0.39 is 0 Å². The molecule has 3 aromatic rings. The molecule has 28 heavy (non-hydrogen) atoms. The van der Waals surface area contributed by atoms with E-state index in [0.29, 0.717) is 31.8 Å². The van der Waals surface area contributed by atoms with Gasteiger partial charge in [-0.25, -0.2) is 0 Å². The highest BCUT2D eigenvalue weighted by molar-refractivity contribution is 7.73. The van der Waals surface area contributed by atoms with Crippen molar-refractivity contribution in [3.8, 4) is 22.9 Å². The molecule has 0 spiro atoms. The molecule has 0 radical (unpaired) electrons. The summed E-state index contributed by atoms with van der Waals surface area (Å²) in [4.78, 5) is 13.2. The molecule has 0 aliphatic carbocycles. The minimum absolute atomic E-state index is 0.252. The lowest BCUT2D eigenvalue weighted by Crippen LogP contribution is -2.14. The van der Waals surface area contributed by atoms with Crippen LogP contribution in [0.4, 0.5) is 11.5 Å². The topological polar surface area (TPSA) is 87.7 Å². The minimum Gasteiger partial charge on any atom is -0.497 e. The molecule has 0 saturated carbocycles. The van der Waals surface area contributed by atoms with E-state index in [0.717, 1.165) is 17.0 Å². The first-order valence-electron chi connectivity index (χ1n) is 8.17. The number of hydrogen-bond donors (Lipinski definition) is 2. The molecule has 7 nitrogen and oxygen atoms in total. The zero-order valence-electron chi connectivity index (χ0n) is 15.5. The number of hydrogen-bond acceptors (Lipinski definition) is 7. The van der Waals surface area contributed by atoms with E-state index in [4.69, 9.17) is 32.2 Å². The summed E-state index contributed by atoms with van der Waals surface area (Å²) in [5.41, 5.74) is 7.45. The van der Waals surface area contributed by atoms with Gasteiger partial charge >= 0.3 is 0 Å². The van der Waals surface area contributed by atoms with E-state index in [1.807, 2.05) is 18.2 Å². The molecule has 146 valence electrons. The minimum atomic E-state index is -0.387. The number of benzene rings is 2. The Kier molecular flexibility index (Phi) is 5.86. The summed E-state index contributed by atoms with van der Waals surface area (Å²) in [6.45, 7) is 0. The highest BCUT2D eigenvalue weighted by atomic mass is 32.1. The van der Waals surface area contributed by atoms with E-state index in [-0.39, 0.29) is 11.7 Å². The third kappa shape index (κ3) is 3.80. The summed E-state index contributed by atoms with van der Waals surface area (Å²) in [6.07, 6.45) is 0. The summed E-state index contributed by atoms with van der Waals surface area (Å²) >= 11 is 6.56. The molecule has 1 amide bonds. The zero-order valence-corrected chi connectivity index (χ0v) is 17.1. The van der Waals surface area contributed by atoms with E-state index in [1.165, 1.54) is 7.11 Å². The number of nitrogens with zero attached hydrogens (tertiary/aromatic N) is 1. The second kappa shape index (κ2) is 8.32. The van der Waals surface area contributed by atoms with Crippen LogP contribution in [-0.2, 0) is 0 Å². The number of nitrogens with one attached hydrogen (secondary N) is 1. The smallest absolute Gasteiger partial charge is 0.269 e. The van der Waals surface area contributed by atoms with Crippen molar-refractivity contribution in [1.82, 2.24) is 4.57 Å². The Balaban J connectivity index is 1.97. The Morgan fingerprint density at radius 3 is 2.46 bits per heavy atom. The van der Waals surface area contributed by atoms with Gasteiger partial charge in [-0.2, -0.15) is 0 Å². The van der Waals surface area contributed by atoms with Crippen molar-refractivity contribution in [3.05, 3.63) is 51.3 Å². The Morgan fingerprint density at radius 1 is 1.07 bits per heavy atom. The van der Waals surface area contributed by atoms with Crippen molar-refractivity contribution < 1.29 is 19.0 Å². The predicted molar refractivity (Wildman–Crippen MR) is 113 cm³/mol. The molecule has 1 aromatic heterocycles. The molecule has 0 atom stereocenters. The number of thiazole rings is 1. The summed E-state index contributed by atoms with van der Waals surface area (Å²) in [5.74, 6) is 1.62. The molecule has 0 fully saturated rings. The second-order valence-corrected chi connectivity index (χ2v) is 7.28. The lowest BCUT2D eigenvalue weighted by molar-refractivity contribution is 0.103. The number of nitrogen functional groups attached to an aromatic ring is 1. The number of carbonyl (C=O) groups excluding carboxylic acids is 1. The maximum atomic E-state index is 12.9. The van der Waals surface area contributed by atoms with Crippen LogP contribution >= 0.6 is 23.6 Å². The van der Waals surface area contributed by atoms with Gasteiger partial charge in [-0.05, 0) is 36.5 Å². The van der Waals surface area contributed by atoms with Crippen LogP contribution in [0.1, 0.15) is 9.67 Å². The zero-order chi connectivity index (χ0) is 20.3. The molecule has 0 unspecified atom stereocenters. The van der Waals surface area contributed by atoms with Crippen molar-refractivity contribution in [2.75, 3.05) is 32.4 Å². The molecule has 3 rings (SSSR count). The van der Waals surface area contributed by atoms with E-state index in [2.05, 4.69) is 5.32 Å². The average Bonchev–Trinajstić information content (AvgIpc) is 3.02. The highest BCUT2D eigenvalue weighted by Gasteiger charge is 2.20. The molecule has 0 aliphatic rings. The highest BCUT2D eigenvalue weighted by Crippen LogP contribution is 2.32. The Hall–Kier alpha value is -3.04. The van der Waals surface area contributed by atoms with E-state index >= 15 is 0 Å². The number of amides is 1. The molecule has 3 N–H and O–H groups in total. The first-order valence-corrected chi connectivity index (χ1v) is 9.40. The molecule has 0 bridgehead atoms. The number of aromatic nitrogens is 1. The van der Waals surface area contributed by atoms with Gasteiger partial charge in [-0.3, -0.25) is 9.36 Å². The monoisotopic (exact) mass is 417 g/mol. The Morgan fingerprint density at radius 2 is 1.79 bits per heavy atom. The maximum Gasteiger partial charge on any atom is 0.269 e. The summed E-state index contributed by atoms with van der Waals surface area (Å²) < 4.78 is 17.8. The third-order valence-corrected chi connectivity index (χ3v) is 5.41. The van der Waals surface area contributed by atoms with Gasteiger partial charge in [0.2, 0.25) is 0 Å². The third-order valence-electron chi connectivity index (χ3n) is 4.02. The molecule has 0 saturated heterocycles. The summed E-state index contributed by atoms with van der Waals surface area (Å²) in [7, 11) is 4.65. The van der Waals surface area contributed by atoms with Crippen LogP contribution in [0, 0.1) is 3.95 Å². The van der Waals surface area contributed by atoms with Crippen LogP contribution in [0.5, 0.6) is 17.2 Å². The molecular formula is C19H19N3O4S2. The van der Waals surface area contributed by atoms with Gasteiger partial charge in [-0.15, -0.1) is 0 Å². The first-order chi connectivity index (χ1) is 13.5. The molecule has 0 aliphatic heterocycles. The van der Waals surface area contributed by atoms with Crippen molar-refractivity contribution in [3.63, 3.8) is 0 Å². The summed E-state index contributed by atoms with van der Waals surface area (Å²) in [5, 5.41) is 2.81. The van der Waals surface area contributed by atoms with Crippen LogP contribution in [0.15, 0.2) is 42.5 Å². The van der Waals surface area contributed by atoms with Gasteiger partial charge in [0.25, 0.3) is 5.91 Å². The number of ether oxygens (including phenoxy) is 3. The van der Waals surface area contributed by atoms with Crippen molar-refractivity contribution in [2.24, 2.45) is 0 Å².